The Morgan fingerprint density at radius 2 is 2.00 bits per heavy atom. The molecule has 1 aromatic rings. The third-order valence-corrected chi connectivity index (χ3v) is 2.83. The van der Waals surface area contributed by atoms with Crippen molar-refractivity contribution in [3.63, 3.8) is 0 Å². The van der Waals surface area contributed by atoms with Crippen LogP contribution in [-0.4, -0.2) is 7.11 Å². The molecule has 0 radical (unpaired) electrons. The third kappa shape index (κ3) is 3.63. The molecule has 1 rings (SSSR count). The van der Waals surface area contributed by atoms with Crippen LogP contribution in [0, 0.1) is 0 Å². The maximum atomic E-state index is 12.9. The summed E-state index contributed by atoms with van der Waals surface area (Å²) in [6, 6.07) is 3.33. The first-order valence-corrected chi connectivity index (χ1v) is 5.90. The van der Waals surface area contributed by atoms with E-state index in [2.05, 4.69) is 0 Å². The van der Waals surface area contributed by atoms with Gasteiger partial charge in [-0.25, -0.2) is 0 Å². The summed E-state index contributed by atoms with van der Waals surface area (Å²) in [5.74, 6) is 0.189. The number of alkyl halides is 3. The van der Waals surface area contributed by atoms with Crippen LogP contribution in [0.25, 0.3) is 0 Å². The SMILES string of the molecule is CCCC[C@H](N)c1ccc(OC)cc1C(F)(F)F. The van der Waals surface area contributed by atoms with E-state index in [1.165, 1.54) is 19.2 Å². The molecule has 0 amide bonds. The number of benzene rings is 1. The molecule has 102 valence electrons. The van der Waals surface area contributed by atoms with E-state index in [4.69, 9.17) is 10.5 Å². The summed E-state index contributed by atoms with van der Waals surface area (Å²) < 4.78 is 43.6. The van der Waals surface area contributed by atoms with Gasteiger partial charge in [0.25, 0.3) is 0 Å². The van der Waals surface area contributed by atoms with Gasteiger partial charge in [0.2, 0.25) is 0 Å². The van der Waals surface area contributed by atoms with Crippen LogP contribution in [0.3, 0.4) is 0 Å². The first-order chi connectivity index (χ1) is 8.40. The van der Waals surface area contributed by atoms with Gasteiger partial charge in [0.15, 0.2) is 0 Å². The Labute approximate surface area is 105 Å². The molecular weight excluding hydrogens is 243 g/mol. The number of unbranched alkanes of at least 4 members (excludes halogenated alkanes) is 1. The summed E-state index contributed by atoms with van der Waals surface area (Å²) in [4.78, 5) is 0. The second-order valence-corrected chi connectivity index (χ2v) is 4.20. The van der Waals surface area contributed by atoms with Crippen molar-refractivity contribution in [2.45, 2.75) is 38.4 Å². The van der Waals surface area contributed by atoms with Crippen molar-refractivity contribution in [1.29, 1.82) is 0 Å². The van der Waals surface area contributed by atoms with Gasteiger partial charge in [-0.15, -0.1) is 0 Å². The van der Waals surface area contributed by atoms with Crippen LogP contribution in [0.4, 0.5) is 13.2 Å². The van der Waals surface area contributed by atoms with Crippen LogP contribution in [0.15, 0.2) is 18.2 Å². The minimum Gasteiger partial charge on any atom is -0.497 e. The van der Waals surface area contributed by atoms with Crippen molar-refractivity contribution < 1.29 is 17.9 Å². The van der Waals surface area contributed by atoms with Gasteiger partial charge in [-0.1, -0.05) is 25.8 Å². The molecule has 0 bridgehead atoms. The average molecular weight is 261 g/mol. The van der Waals surface area contributed by atoms with Gasteiger partial charge in [0.1, 0.15) is 5.75 Å². The van der Waals surface area contributed by atoms with Gasteiger partial charge in [0, 0.05) is 6.04 Å². The zero-order valence-electron chi connectivity index (χ0n) is 10.6. The van der Waals surface area contributed by atoms with Crippen molar-refractivity contribution in [3.8, 4) is 5.75 Å². The van der Waals surface area contributed by atoms with E-state index in [-0.39, 0.29) is 11.3 Å². The molecule has 1 atom stereocenters. The van der Waals surface area contributed by atoms with Crippen LogP contribution in [0.1, 0.15) is 43.4 Å². The van der Waals surface area contributed by atoms with Crippen LogP contribution in [-0.2, 0) is 6.18 Å². The molecule has 5 heteroatoms. The Hall–Kier alpha value is -1.23. The maximum absolute atomic E-state index is 12.9. The quantitative estimate of drug-likeness (QED) is 0.872. The highest BCUT2D eigenvalue weighted by Gasteiger charge is 2.35. The van der Waals surface area contributed by atoms with Gasteiger partial charge < -0.3 is 10.5 Å². The average Bonchev–Trinajstić information content (AvgIpc) is 2.34. The highest BCUT2D eigenvalue weighted by molar-refractivity contribution is 5.39. The number of ether oxygens (including phenoxy) is 1. The molecule has 0 fully saturated rings. The van der Waals surface area contributed by atoms with Crippen LogP contribution >= 0.6 is 0 Å². The van der Waals surface area contributed by atoms with E-state index < -0.39 is 17.8 Å². The molecule has 2 N–H and O–H groups in total. The fourth-order valence-electron chi connectivity index (χ4n) is 1.81. The Bertz CT molecular complexity index is 390. The van der Waals surface area contributed by atoms with E-state index in [1.807, 2.05) is 6.92 Å². The van der Waals surface area contributed by atoms with Crippen molar-refractivity contribution >= 4 is 0 Å². The topological polar surface area (TPSA) is 35.2 Å². The zero-order chi connectivity index (χ0) is 13.8. The molecule has 0 aromatic heterocycles. The summed E-state index contributed by atoms with van der Waals surface area (Å²) in [6.45, 7) is 1.98. The molecule has 2 nitrogen and oxygen atoms in total. The normalized spacial score (nSPS) is 13.4. The summed E-state index contributed by atoms with van der Waals surface area (Å²) >= 11 is 0. The molecule has 0 heterocycles. The third-order valence-electron chi connectivity index (χ3n) is 2.83. The number of halogens is 3. The number of nitrogens with two attached hydrogens (primary N) is 1. The maximum Gasteiger partial charge on any atom is 0.416 e. The molecule has 0 saturated heterocycles. The molecule has 0 spiro atoms. The smallest absolute Gasteiger partial charge is 0.416 e. The van der Waals surface area contributed by atoms with Gasteiger partial charge in [0.05, 0.1) is 12.7 Å². The molecule has 0 aliphatic heterocycles. The summed E-state index contributed by atoms with van der Waals surface area (Å²) in [5.41, 5.74) is 5.26. The van der Waals surface area contributed by atoms with E-state index >= 15 is 0 Å². The lowest BCUT2D eigenvalue weighted by Crippen LogP contribution is -2.17. The van der Waals surface area contributed by atoms with Crippen molar-refractivity contribution in [1.82, 2.24) is 0 Å². The van der Waals surface area contributed by atoms with Crippen LogP contribution in [0.5, 0.6) is 5.75 Å². The lowest BCUT2D eigenvalue weighted by molar-refractivity contribution is -0.138. The van der Waals surface area contributed by atoms with Crippen molar-refractivity contribution in [2.24, 2.45) is 5.73 Å². The molecule has 0 unspecified atom stereocenters. The fourth-order valence-corrected chi connectivity index (χ4v) is 1.81. The second kappa shape index (κ2) is 6.09. The highest BCUT2D eigenvalue weighted by atomic mass is 19.4. The van der Waals surface area contributed by atoms with Crippen molar-refractivity contribution in [3.05, 3.63) is 29.3 Å². The van der Waals surface area contributed by atoms with Crippen LogP contribution < -0.4 is 10.5 Å². The molecule has 18 heavy (non-hydrogen) atoms. The molecular formula is C13H18F3NO. The Kier molecular flexibility index (Phi) is 5.02. The highest BCUT2D eigenvalue weighted by Crippen LogP contribution is 2.37. The molecule has 0 saturated carbocycles. The van der Waals surface area contributed by atoms with E-state index in [0.29, 0.717) is 6.42 Å². The predicted octanol–water partition coefficient (Wildman–Crippen LogP) is 3.90. The standard InChI is InChI=1S/C13H18F3NO/c1-3-4-5-12(17)10-7-6-9(18-2)8-11(10)13(14,15)16/h6-8,12H,3-5,17H2,1-2H3/t12-/m0/s1. The summed E-state index contributed by atoms with van der Waals surface area (Å²) in [5, 5.41) is 0. The Morgan fingerprint density at radius 1 is 1.33 bits per heavy atom. The fraction of sp³-hybridized carbons (Fsp3) is 0.538. The van der Waals surface area contributed by atoms with Gasteiger partial charge in [-0.3, -0.25) is 0 Å². The van der Waals surface area contributed by atoms with Gasteiger partial charge >= 0.3 is 6.18 Å². The minimum absolute atomic E-state index is 0.136. The summed E-state index contributed by atoms with van der Waals surface area (Å²) in [6.07, 6.45) is -2.14. The van der Waals surface area contributed by atoms with Gasteiger partial charge in [-0.05, 0) is 24.1 Å². The first-order valence-electron chi connectivity index (χ1n) is 5.90. The first kappa shape index (κ1) is 14.8. The summed E-state index contributed by atoms with van der Waals surface area (Å²) in [7, 11) is 1.34. The number of rotatable bonds is 5. The Morgan fingerprint density at radius 3 is 2.50 bits per heavy atom. The minimum atomic E-state index is -4.41. The van der Waals surface area contributed by atoms with E-state index in [9.17, 15) is 13.2 Å². The second-order valence-electron chi connectivity index (χ2n) is 4.20. The lowest BCUT2D eigenvalue weighted by Gasteiger charge is -2.19. The lowest BCUT2D eigenvalue weighted by atomic mass is 9.96. The Balaban J connectivity index is 3.10. The predicted molar refractivity (Wildman–Crippen MR) is 64.4 cm³/mol. The molecule has 1 aromatic carbocycles. The van der Waals surface area contributed by atoms with Crippen molar-refractivity contribution in [2.75, 3.05) is 7.11 Å². The monoisotopic (exact) mass is 261 g/mol. The number of hydrogen-bond acceptors (Lipinski definition) is 2. The van der Waals surface area contributed by atoms with Crippen LogP contribution in [0.2, 0.25) is 0 Å². The zero-order valence-corrected chi connectivity index (χ0v) is 10.6. The molecule has 0 aliphatic carbocycles. The molecule has 0 aliphatic rings. The van der Waals surface area contributed by atoms with E-state index in [1.54, 1.807) is 0 Å². The van der Waals surface area contributed by atoms with E-state index in [0.717, 1.165) is 18.9 Å². The largest absolute Gasteiger partial charge is 0.497 e. The number of hydrogen-bond donors (Lipinski definition) is 1. The number of methoxy groups -OCH3 is 1. The van der Waals surface area contributed by atoms with Gasteiger partial charge in [-0.2, -0.15) is 13.2 Å².